The lowest BCUT2D eigenvalue weighted by molar-refractivity contribution is 0.0858. The molecule has 1 aromatic carbocycles. The van der Waals surface area contributed by atoms with E-state index in [-0.39, 0.29) is 5.60 Å². The van der Waals surface area contributed by atoms with E-state index >= 15 is 0 Å². The minimum atomic E-state index is -0.121. The van der Waals surface area contributed by atoms with Crippen molar-refractivity contribution in [3.05, 3.63) is 29.8 Å². The van der Waals surface area contributed by atoms with Crippen molar-refractivity contribution in [2.75, 3.05) is 13.6 Å². The Balaban J connectivity index is 2.70. The minimum absolute atomic E-state index is 0.121. The first kappa shape index (κ1) is 12.1. The van der Waals surface area contributed by atoms with E-state index in [0.717, 1.165) is 18.7 Å². The Morgan fingerprint density at radius 1 is 1.27 bits per heavy atom. The maximum Gasteiger partial charge on any atom is 0.120 e. The van der Waals surface area contributed by atoms with Gasteiger partial charge in [0, 0.05) is 6.54 Å². The highest BCUT2D eigenvalue weighted by molar-refractivity contribution is 5.26. The molecule has 1 rings (SSSR count). The second kappa shape index (κ2) is 5.17. The Morgan fingerprint density at radius 2 is 1.87 bits per heavy atom. The smallest absolute Gasteiger partial charge is 0.120 e. The number of likely N-dealkylation sites (N-methyl/N-ethyl adjacent to an activating group) is 1. The lowest BCUT2D eigenvalue weighted by Gasteiger charge is -2.29. The molecule has 0 amide bonds. The molecule has 0 spiro atoms. The van der Waals surface area contributed by atoms with E-state index in [1.807, 2.05) is 19.2 Å². The van der Waals surface area contributed by atoms with Gasteiger partial charge in [-0.25, -0.2) is 0 Å². The van der Waals surface area contributed by atoms with E-state index in [1.165, 1.54) is 5.56 Å². The van der Waals surface area contributed by atoms with Gasteiger partial charge in [0.1, 0.15) is 11.4 Å². The molecule has 0 aliphatic carbocycles. The number of aryl methyl sites for hydroxylation is 1. The van der Waals surface area contributed by atoms with E-state index in [2.05, 4.69) is 38.2 Å². The van der Waals surface area contributed by atoms with Crippen molar-refractivity contribution in [3.63, 3.8) is 0 Å². The van der Waals surface area contributed by atoms with Crippen molar-refractivity contribution in [2.24, 2.45) is 0 Å². The fourth-order valence-electron chi connectivity index (χ4n) is 1.50. The zero-order valence-electron chi connectivity index (χ0n) is 10.1. The maximum atomic E-state index is 5.98. The molecule has 1 aromatic rings. The van der Waals surface area contributed by atoms with Crippen LogP contribution in [0.3, 0.4) is 0 Å². The quantitative estimate of drug-likeness (QED) is 0.801. The number of ether oxygens (including phenoxy) is 1. The van der Waals surface area contributed by atoms with Gasteiger partial charge < -0.3 is 10.1 Å². The molecule has 0 fully saturated rings. The SMILES string of the molecule is CCC(C)(CNC)Oc1ccc(C)cc1. The molecular weight excluding hydrogens is 186 g/mol. The molecule has 0 radical (unpaired) electrons. The molecule has 0 aliphatic heterocycles. The minimum Gasteiger partial charge on any atom is -0.486 e. The average molecular weight is 207 g/mol. The maximum absolute atomic E-state index is 5.98. The highest BCUT2D eigenvalue weighted by atomic mass is 16.5. The van der Waals surface area contributed by atoms with Crippen molar-refractivity contribution in [1.82, 2.24) is 5.32 Å². The van der Waals surface area contributed by atoms with Crippen molar-refractivity contribution < 1.29 is 4.74 Å². The molecule has 2 heteroatoms. The van der Waals surface area contributed by atoms with Gasteiger partial charge in [-0.1, -0.05) is 24.6 Å². The third kappa shape index (κ3) is 3.56. The summed E-state index contributed by atoms with van der Waals surface area (Å²) in [5.74, 6) is 0.945. The van der Waals surface area contributed by atoms with Crippen LogP contribution in [0.1, 0.15) is 25.8 Å². The molecule has 0 aromatic heterocycles. The second-order valence-corrected chi connectivity index (χ2v) is 4.25. The van der Waals surface area contributed by atoms with Gasteiger partial charge in [0.15, 0.2) is 0 Å². The first-order valence-corrected chi connectivity index (χ1v) is 5.50. The molecule has 0 heterocycles. The van der Waals surface area contributed by atoms with Crippen LogP contribution in [0.2, 0.25) is 0 Å². The third-order valence-corrected chi connectivity index (χ3v) is 2.68. The van der Waals surface area contributed by atoms with Gasteiger partial charge in [0.05, 0.1) is 0 Å². The van der Waals surface area contributed by atoms with Crippen LogP contribution in [0, 0.1) is 6.92 Å². The van der Waals surface area contributed by atoms with Crippen LogP contribution in [0.5, 0.6) is 5.75 Å². The molecule has 0 bridgehead atoms. The molecule has 2 nitrogen and oxygen atoms in total. The molecule has 0 saturated carbocycles. The van der Waals surface area contributed by atoms with Crippen LogP contribution >= 0.6 is 0 Å². The first-order valence-electron chi connectivity index (χ1n) is 5.50. The predicted molar refractivity (Wildman–Crippen MR) is 64.4 cm³/mol. The zero-order chi connectivity index (χ0) is 11.3. The van der Waals surface area contributed by atoms with Gasteiger partial charge in [-0.2, -0.15) is 0 Å². The molecule has 0 aliphatic rings. The average Bonchev–Trinajstić information content (AvgIpc) is 2.22. The van der Waals surface area contributed by atoms with Gasteiger partial charge in [0.2, 0.25) is 0 Å². The van der Waals surface area contributed by atoms with Crippen LogP contribution in [0.25, 0.3) is 0 Å². The molecule has 1 unspecified atom stereocenters. The summed E-state index contributed by atoms with van der Waals surface area (Å²) < 4.78 is 5.98. The van der Waals surface area contributed by atoms with Gasteiger partial charge in [0.25, 0.3) is 0 Å². The third-order valence-electron chi connectivity index (χ3n) is 2.68. The highest BCUT2D eigenvalue weighted by Gasteiger charge is 2.22. The monoisotopic (exact) mass is 207 g/mol. The largest absolute Gasteiger partial charge is 0.486 e. The van der Waals surface area contributed by atoms with Gasteiger partial charge in [-0.3, -0.25) is 0 Å². The number of nitrogens with one attached hydrogen (secondary N) is 1. The Labute approximate surface area is 92.6 Å². The summed E-state index contributed by atoms with van der Waals surface area (Å²) in [6, 6.07) is 8.20. The standard InChI is InChI=1S/C13H21NO/c1-5-13(3,10-14-4)15-12-8-6-11(2)7-9-12/h6-9,14H,5,10H2,1-4H3. The number of rotatable bonds is 5. The van der Waals surface area contributed by atoms with Crippen LogP contribution in [-0.2, 0) is 0 Å². The lowest BCUT2D eigenvalue weighted by atomic mass is 10.0. The normalized spacial score (nSPS) is 14.7. The molecule has 0 saturated heterocycles. The summed E-state index contributed by atoms with van der Waals surface area (Å²) in [4.78, 5) is 0. The summed E-state index contributed by atoms with van der Waals surface area (Å²) in [7, 11) is 1.95. The Morgan fingerprint density at radius 3 is 2.33 bits per heavy atom. The molecular formula is C13H21NO. The van der Waals surface area contributed by atoms with Crippen LogP contribution in [0.15, 0.2) is 24.3 Å². The topological polar surface area (TPSA) is 21.3 Å². The van der Waals surface area contributed by atoms with E-state index in [1.54, 1.807) is 0 Å². The second-order valence-electron chi connectivity index (χ2n) is 4.25. The fourth-order valence-corrected chi connectivity index (χ4v) is 1.50. The molecule has 15 heavy (non-hydrogen) atoms. The summed E-state index contributed by atoms with van der Waals surface area (Å²) >= 11 is 0. The van der Waals surface area contributed by atoms with E-state index in [4.69, 9.17) is 4.74 Å². The Hall–Kier alpha value is -1.02. The Bertz CT molecular complexity index is 294. The highest BCUT2D eigenvalue weighted by Crippen LogP contribution is 2.21. The number of hydrogen-bond acceptors (Lipinski definition) is 2. The zero-order valence-corrected chi connectivity index (χ0v) is 10.1. The molecule has 1 N–H and O–H groups in total. The predicted octanol–water partition coefficient (Wildman–Crippen LogP) is 2.76. The van der Waals surface area contributed by atoms with Crippen molar-refractivity contribution >= 4 is 0 Å². The Kier molecular flexibility index (Phi) is 4.15. The fraction of sp³-hybridized carbons (Fsp3) is 0.538. The van der Waals surface area contributed by atoms with Crippen molar-refractivity contribution in [3.8, 4) is 5.75 Å². The first-order chi connectivity index (χ1) is 7.09. The van der Waals surface area contributed by atoms with Gasteiger partial charge >= 0.3 is 0 Å². The summed E-state index contributed by atoms with van der Waals surface area (Å²) in [6.45, 7) is 7.21. The number of hydrogen-bond donors (Lipinski definition) is 1. The summed E-state index contributed by atoms with van der Waals surface area (Å²) in [6.07, 6.45) is 0.988. The summed E-state index contributed by atoms with van der Waals surface area (Å²) in [5, 5.41) is 3.17. The van der Waals surface area contributed by atoms with Crippen LogP contribution in [0.4, 0.5) is 0 Å². The van der Waals surface area contributed by atoms with Crippen molar-refractivity contribution in [1.29, 1.82) is 0 Å². The van der Waals surface area contributed by atoms with Crippen molar-refractivity contribution in [2.45, 2.75) is 32.8 Å². The van der Waals surface area contributed by atoms with Gasteiger partial charge in [-0.05, 0) is 39.4 Å². The van der Waals surface area contributed by atoms with Crippen LogP contribution in [-0.4, -0.2) is 19.2 Å². The van der Waals surface area contributed by atoms with E-state index in [0.29, 0.717) is 0 Å². The summed E-state index contributed by atoms with van der Waals surface area (Å²) in [5.41, 5.74) is 1.14. The molecule has 1 atom stereocenters. The van der Waals surface area contributed by atoms with Gasteiger partial charge in [-0.15, -0.1) is 0 Å². The van der Waals surface area contributed by atoms with E-state index < -0.39 is 0 Å². The number of benzene rings is 1. The lowest BCUT2D eigenvalue weighted by Crippen LogP contribution is -2.41. The van der Waals surface area contributed by atoms with E-state index in [9.17, 15) is 0 Å². The van der Waals surface area contributed by atoms with Crippen LogP contribution < -0.4 is 10.1 Å². The molecule has 84 valence electrons.